The number of fused-ring (bicyclic) bond motifs is 1. The van der Waals surface area contributed by atoms with E-state index < -0.39 is 0 Å². The molecule has 122 valence electrons. The van der Waals surface area contributed by atoms with Gasteiger partial charge in [-0.2, -0.15) is 5.10 Å². The summed E-state index contributed by atoms with van der Waals surface area (Å²) in [5.74, 6) is -0.105. The first-order valence-corrected chi connectivity index (χ1v) is 7.87. The molecule has 24 heavy (non-hydrogen) atoms. The zero-order valence-corrected chi connectivity index (χ0v) is 13.3. The minimum atomic E-state index is -0.105. The standard InChI is InChI=1S/C16H17N7O/c1-22-15-7-3-6-14(13(15)9-18-22)19-16(24)11-4-2-5-12(8-11)23-10-17-20-21-23/h2,4-5,8-10,14H,3,6-7H2,1H3,(H,19,24)/t14-/m1/s1. The molecule has 0 radical (unpaired) electrons. The van der Waals surface area contributed by atoms with Gasteiger partial charge in [-0.15, -0.1) is 5.10 Å². The summed E-state index contributed by atoms with van der Waals surface area (Å²) in [4.78, 5) is 12.7. The van der Waals surface area contributed by atoms with Crippen molar-refractivity contribution in [2.75, 3.05) is 0 Å². The summed E-state index contributed by atoms with van der Waals surface area (Å²) in [6, 6.07) is 7.25. The molecule has 0 aliphatic heterocycles. The molecular weight excluding hydrogens is 306 g/mol. The van der Waals surface area contributed by atoms with Crippen molar-refractivity contribution in [3.63, 3.8) is 0 Å². The lowest BCUT2D eigenvalue weighted by atomic mass is 9.92. The molecule has 1 aliphatic rings. The average molecular weight is 323 g/mol. The molecule has 0 fully saturated rings. The summed E-state index contributed by atoms with van der Waals surface area (Å²) in [5, 5.41) is 18.5. The van der Waals surface area contributed by atoms with Crippen LogP contribution >= 0.6 is 0 Å². The van der Waals surface area contributed by atoms with E-state index in [1.807, 2.05) is 30.1 Å². The van der Waals surface area contributed by atoms with Gasteiger partial charge in [0.2, 0.25) is 0 Å². The molecule has 1 aromatic carbocycles. The Labute approximate surface area is 138 Å². The van der Waals surface area contributed by atoms with Gasteiger partial charge in [0.05, 0.1) is 17.9 Å². The second-order valence-corrected chi connectivity index (χ2v) is 5.89. The van der Waals surface area contributed by atoms with Crippen LogP contribution in [0.5, 0.6) is 0 Å². The van der Waals surface area contributed by atoms with Crippen molar-refractivity contribution >= 4 is 5.91 Å². The van der Waals surface area contributed by atoms with Crippen molar-refractivity contribution < 1.29 is 4.79 Å². The Balaban J connectivity index is 1.56. The van der Waals surface area contributed by atoms with Crippen molar-refractivity contribution in [1.29, 1.82) is 0 Å². The van der Waals surface area contributed by atoms with Crippen LogP contribution in [0.25, 0.3) is 5.69 Å². The Morgan fingerprint density at radius 2 is 2.29 bits per heavy atom. The van der Waals surface area contributed by atoms with Crippen LogP contribution < -0.4 is 5.32 Å². The molecular formula is C16H17N7O. The number of carbonyl (C=O) groups excluding carboxylic acids is 1. The summed E-state index contributed by atoms with van der Waals surface area (Å²) in [5.41, 5.74) is 3.65. The van der Waals surface area contributed by atoms with Gasteiger partial charge in [-0.05, 0) is 47.9 Å². The lowest BCUT2D eigenvalue weighted by Crippen LogP contribution is -2.31. The van der Waals surface area contributed by atoms with Crippen molar-refractivity contribution in [2.45, 2.75) is 25.3 Å². The molecule has 2 heterocycles. The average Bonchev–Trinajstić information content (AvgIpc) is 3.26. The van der Waals surface area contributed by atoms with Crippen molar-refractivity contribution in [3.05, 3.63) is 53.6 Å². The van der Waals surface area contributed by atoms with Crippen LogP contribution in [0.3, 0.4) is 0 Å². The SMILES string of the molecule is Cn1ncc2c1CCC[C@H]2NC(=O)c1cccc(-n2cnnn2)c1. The van der Waals surface area contributed by atoms with Gasteiger partial charge >= 0.3 is 0 Å². The molecule has 0 saturated carbocycles. The summed E-state index contributed by atoms with van der Waals surface area (Å²) >= 11 is 0. The molecule has 8 heteroatoms. The van der Waals surface area contributed by atoms with Gasteiger partial charge < -0.3 is 5.32 Å². The van der Waals surface area contributed by atoms with Gasteiger partial charge in [-0.25, -0.2) is 4.68 Å². The maximum absolute atomic E-state index is 12.7. The first-order chi connectivity index (χ1) is 11.7. The van der Waals surface area contributed by atoms with Gasteiger partial charge in [0.1, 0.15) is 6.33 Å². The van der Waals surface area contributed by atoms with E-state index in [-0.39, 0.29) is 11.9 Å². The quantitative estimate of drug-likeness (QED) is 0.782. The number of amides is 1. The van der Waals surface area contributed by atoms with Crippen LogP contribution in [-0.4, -0.2) is 35.9 Å². The van der Waals surface area contributed by atoms with E-state index in [1.54, 1.807) is 12.1 Å². The van der Waals surface area contributed by atoms with Crippen molar-refractivity contribution in [2.24, 2.45) is 7.05 Å². The maximum atomic E-state index is 12.7. The number of hydrogen-bond acceptors (Lipinski definition) is 5. The van der Waals surface area contributed by atoms with E-state index in [2.05, 4.69) is 25.9 Å². The number of benzene rings is 1. The fourth-order valence-corrected chi connectivity index (χ4v) is 3.17. The Bertz CT molecular complexity index is 868. The molecule has 1 amide bonds. The first kappa shape index (κ1) is 14.6. The van der Waals surface area contributed by atoms with E-state index >= 15 is 0 Å². The fraction of sp³-hybridized carbons (Fsp3) is 0.312. The lowest BCUT2D eigenvalue weighted by molar-refractivity contribution is 0.0932. The van der Waals surface area contributed by atoms with Crippen LogP contribution in [0, 0.1) is 0 Å². The molecule has 8 nitrogen and oxygen atoms in total. The molecule has 0 spiro atoms. The van der Waals surface area contributed by atoms with E-state index in [1.165, 1.54) is 16.7 Å². The number of rotatable bonds is 3. The molecule has 0 bridgehead atoms. The third kappa shape index (κ3) is 2.55. The number of nitrogens with zero attached hydrogens (tertiary/aromatic N) is 6. The van der Waals surface area contributed by atoms with Crippen LogP contribution in [-0.2, 0) is 13.5 Å². The van der Waals surface area contributed by atoms with Crippen LogP contribution in [0.4, 0.5) is 0 Å². The Morgan fingerprint density at radius 3 is 3.12 bits per heavy atom. The molecule has 4 rings (SSSR count). The smallest absolute Gasteiger partial charge is 0.251 e. The molecule has 0 saturated heterocycles. The second-order valence-electron chi connectivity index (χ2n) is 5.89. The van der Waals surface area contributed by atoms with Gasteiger partial charge in [0.25, 0.3) is 5.91 Å². The Hall–Kier alpha value is -3.03. The van der Waals surface area contributed by atoms with E-state index in [0.29, 0.717) is 5.56 Å². The monoisotopic (exact) mass is 323 g/mol. The van der Waals surface area contributed by atoms with Crippen LogP contribution in [0.15, 0.2) is 36.8 Å². The molecule has 3 aromatic rings. The number of aromatic nitrogens is 6. The largest absolute Gasteiger partial charge is 0.345 e. The number of carbonyl (C=O) groups is 1. The third-order valence-corrected chi connectivity index (χ3v) is 4.40. The summed E-state index contributed by atoms with van der Waals surface area (Å²) in [6.07, 6.45) is 6.34. The van der Waals surface area contributed by atoms with Crippen molar-refractivity contribution in [3.8, 4) is 5.69 Å². The Kier molecular flexibility index (Phi) is 3.56. The highest BCUT2D eigenvalue weighted by Crippen LogP contribution is 2.29. The van der Waals surface area contributed by atoms with Gasteiger partial charge in [0, 0.05) is 23.9 Å². The number of aryl methyl sites for hydroxylation is 1. The predicted octanol–water partition coefficient (Wildman–Crippen LogP) is 1.20. The van der Waals surface area contributed by atoms with Gasteiger partial charge in [0.15, 0.2) is 0 Å². The van der Waals surface area contributed by atoms with Crippen LogP contribution in [0.2, 0.25) is 0 Å². The Morgan fingerprint density at radius 1 is 1.38 bits per heavy atom. The number of nitrogens with one attached hydrogen (secondary N) is 1. The topological polar surface area (TPSA) is 90.5 Å². The highest BCUT2D eigenvalue weighted by atomic mass is 16.1. The summed E-state index contributed by atoms with van der Waals surface area (Å²) in [6.45, 7) is 0. The number of hydrogen-bond donors (Lipinski definition) is 1. The van der Waals surface area contributed by atoms with Gasteiger partial charge in [-0.3, -0.25) is 9.48 Å². The van der Waals surface area contributed by atoms with Gasteiger partial charge in [-0.1, -0.05) is 6.07 Å². The van der Waals surface area contributed by atoms with E-state index in [4.69, 9.17) is 0 Å². The molecule has 0 unspecified atom stereocenters. The highest BCUT2D eigenvalue weighted by molar-refractivity contribution is 5.95. The summed E-state index contributed by atoms with van der Waals surface area (Å²) in [7, 11) is 1.94. The van der Waals surface area contributed by atoms with E-state index in [9.17, 15) is 4.79 Å². The van der Waals surface area contributed by atoms with Crippen LogP contribution in [0.1, 0.15) is 40.5 Å². The zero-order valence-electron chi connectivity index (χ0n) is 13.3. The predicted molar refractivity (Wildman–Crippen MR) is 85.5 cm³/mol. The maximum Gasteiger partial charge on any atom is 0.251 e. The third-order valence-electron chi connectivity index (χ3n) is 4.40. The molecule has 1 N–H and O–H groups in total. The molecule has 2 aromatic heterocycles. The van der Waals surface area contributed by atoms with E-state index in [0.717, 1.165) is 30.5 Å². The summed E-state index contributed by atoms with van der Waals surface area (Å²) < 4.78 is 3.42. The highest BCUT2D eigenvalue weighted by Gasteiger charge is 2.25. The molecule has 1 atom stereocenters. The zero-order chi connectivity index (χ0) is 16.5. The number of tetrazole rings is 1. The van der Waals surface area contributed by atoms with Crippen molar-refractivity contribution in [1.82, 2.24) is 35.3 Å². The normalized spacial score (nSPS) is 16.6. The fourth-order valence-electron chi connectivity index (χ4n) is 3.17. The molecule has 1 aliphatic carbocycles. The minimum absolute atomic E-state index is 0.00615. The second kappa shape index (κ2) is 5.88. The lowest BCUT2D eigenvalue weighted by Gasteiger charge is -2.23. The minimum Gasteiger partial charge on any atom is -0.345 e. The first-order valence-electron chi connectivity index (χ1n) is 7.87.